The minimum Gasteiger partial charge on any atom is -0.300 e. The third-order valence-electron chi connectivity index (χ3n) is 3.34. The molecule has 0 saturated heterocycles. The fourth-order valence-corrected chi connectivity index (χ4v) is 2.44. The molecule has 1 saturated carbocycles. The van der Waals surface area contributed by atoms with Gasteiger partial charge in [-0.1, -0.05) is 13.3 Å². The van der Waals surface area contributed by atoms with Crippen molar-refractivity contribution in [3.8, 4) is 0 Å². The molecule has 2 unspecified atom stereocenters. The molecule has 15 heavy (non-hydrogen) atoms. The molecular formula is C12H16N2O. The summed E-state index contributed by atoms with van der Waals surface area (Å²) in [6.07, 6.45) is 8.81. The second kappa shape index (κ2) is 4.51. The van der Waals surface area contributed by atoms with E-state index in [2.05, 4.69) is 16.9 Å². The molecule has 0 aliphatic heterocycles. The van der Waals surface area contributed by atoms with Gasteiger partial charge in [-0.2, -0.15) is 0 Å². The van der Waals surface area contributed by atoms with Crippen LogP contribution in [-0.2, 0) is 4.79 Å². The van der Waals surface area contributed by atoms with Gasteiger partial charge in [0.05, 0.1) is 0 Å². The van der Waals surface area contributed by atoms with E-state index in [1.54, 1.807) is 0 Å². The van der Waals surface area contributed by atoms with Crippen molar-refractivity contribution in [3.63, 3.8) is 0 Å². The smallest absolute Gasteiger partial charge is 0.133 e. The van der Waals surface area contributed by atoms with Gasteiger partial charge in [-0.05, 0) is 23.8 Å². The Hall–Kier alpha value is -1.25. The minimum atomic E-state index is 0.345. The van der Waals surface area contributed by atoms with Gasteiger partial charge in [0.25, 0.3) is 0 Å². The molecule has 1 aromatic rings. The first-order valence-electron chi connectivity index (χ1n) is 5.58. The van der Waals surface area contributed by atoms with Gasteiger partial charge >= 0.3 is 0 Å². The average Bonchev–Trinajstić information content (AvgIpc) is 2.30. The van der Waals surface area contributed by atoms with Crippen LogP contribution in [0.3, 0.4) is 0 Å². The van der Waals surface area contributed by atoms with Crippen molar-refractivity contribution < 1.29 is 4.79 Å². The molecule has 1 fully saturated rings. The molecule has 1 aromatic heterocycles. The third-order valence-corrected chi connectivity index (χ3v) is 3.34. The topological polar surface area (TPSA) is 42.9 Å². The normalized spacial score (nSPS) is 26.6. The monoisotopic (exact) mass is 204 g/mol. The van der Waals surface area contributed by atoms with E-state index in [0.29, 0.717) is 24.0 Å². The maximum atomic E-state index is 11.5. The molecule has 0 amide bonds. The van der Waals surface area contributed by atoms with Crippen LogP contribution in [0.25, 0.3) is 0 Å². The van der Waals surface area contributed by atoms with E-state index in [1.165, 1.54) is 6.33 Å². The first-order chi connectivity index (χ1) is 7.31. The maximum absolute atomic E-state index is 11.5. The Morgan fingerprint density at radius 1 is 1.40 bits per heavy atom. The highest BCUT2D eigenvalue weighted by atomic mass is 16.1. The van der Waals surface area contributed by atoms with E-state index in [-0.39, 0.29) is 0 Å². The molecule has 80 valence electrons. The predicted octanol–water partition coefficient (Wildman–Crippen LogP) is 2.34. The van der Waals surface area contributed by atoms with Gasteiger partial charge in [0.1, 0.15) is 12.1 Å². The second-order valence-corrected chi connectivity index (χ2v) is 4.23. The molecule has 3 nitrogen and oxygen atoms in total. The lowest BCUT2D eigenvalue weighted by Crippen LogP contribution is -2.23. The van der Waals surface area contributed by atoms with Crippen LogP contribution in [-0.4, -0.2) is 15.8 Å². The zero-order valence-corrected chi connectivity index (χ0v) is 9.02. The van der Waals surface area contributed by atoms with Crippen LogP contribution in [0.5, 0.6) is 0 Å². The zero-order valence-electron chi connectivity index (χ0n) is 9.02. The maximum Gasteiger partial charge on any atom is 0.133 e. The van der Waals surface area contributed by atoms with E-state index < -0.39 is 0 Å². The molecule has 0 spiro atoms. The number of carbonyl (C=O) groups excluding carboxylic acids is 1. The van der Waals surface area contributed by atoms with Crippen LogP contribution in [0.15, 0.2) is 18.7 Å². The van der Waals surface area contributed by atoms with Crippen molar-refractivity contribution in [3.05, 3.63) is 24.3 Å². The van der Waals surface area contributed by atoms with E-state index in [9.17, 15) is 4.79 Å². The Morgan fingerprint density at radius 2 is 2.13 bits per heavy atom. The number of hydrogen-bond donors (Lipinski definition) is 0. The molecule has 1 heterocycles. The summed E-state index contributed by atoms with van der Waals surface area (Å²) in [7, 11) is 0. The molecule has 1 aliphatic rings. The second-order valence-electron chi connectivity index (χ2n) is 4.23. The lowest BCUT2D eigenvalue weighted by atomic mass is 9.74. The molecule has 0 radical (unpaired) electrons. The number of ketones is 1. The van der Waals surface area contributed by atoms with E-state index in [1.807, 2.05) is 12.4 Å². The number of carbonyl (C=O) groups is 1. The highest BCUT2D eigenvalue weighted by Gasteiger charge is 2.29. The average molecular weight is 204 g/mol. The van der Waals surface area contributed by atoms with Gasteiger partial charge in [0.15, 0.2) is 0 Å². The van der Waals surface area contributed by atoms with Crippen LogP contribution < -0.4 is 0 Å². The first kappa shape index (κ1) is 10.3. The van der Waals surface area contributed by atoms with Crippen molar-refractivity contribution in [2.75, 3.05) is 0 Å². The third kappa shape index (κ3) is 2.22. The number of rotatable bonds is 2. The summed E-state index contributed by atoms with van der Waals surface area (Å²) >= 11 is 0. The molecule has 1 aliphatic carbocycles. The quantitative estimate of drug-likeness (QED) is 0.742. The van der Waals surface area contributed by atoms with Gasteiger partial charge < -0.3 is 0 Å². The van der Waals surface area contributed by atoms with E-state index >= 15 is 0 Å². The molecule has 2 rings (SSSR count). The van der Waals surface area contributed by atoms with Crippen LogP contribution >= 0.6 is 0 Å². The SMILES string of the molecule is CCC1CCC(=O)CC1c1cncnc1. The van der Waals surface area contributed by atoms with Crippen LogP contribution in [0, 0.1) is 5.92 Å². The predicted molar refractivity (Wildman–Crippen MR) is 57.4 cm³/mol. The van der Waals surface area contributed by atoms with Crippen LogP contribution in [0.2, 0.25) is 0 Å². The summed E-state index contributed by atoms with van der Waals surface area (Å²) in [6, 6.07) is 0. The number of aromatic nitrogens is 2. The summed E-state index contributed by atoms with van der Waals surface area (Å²) in [5, 5.41) is 0. The number of Topliss-reactive ketones (excluding diaryl/α,β-unsaturated/α-hetero) is 1. The molecule has 0 bridgehead atoms. The van der Waals surface area contributed by atoms with E-state index in [4.69, 9.17) is 0 Å². The molecular weight excluding hydrogens is 188 g/mol. The van der Waals surface area contributed by atoms with Gasteiger partial charge in [-0.25, -0.2) is 9.97 Å². The van der Waals surface area contributed by atoms with Gasteiger partial charge in [0.2, 0.25) is 0 Å². The molecule has 3 heteroatoms. The molecule has 2 atom stereocenters. The molecule has 0 N–H and O–H groups in total. The van der Waals surface area contributed by atoms with Crippen molar-refractivity contribution in [1.29, 1.82) is 0 Å². The van der Waals surface area contributed by atoms with Crippen LogP contribution in [0.1, 0.15) is 44.1 Å². The summed E-state index contributed by atoms with van der Waals surface area (Å²) in [4.78, 5) is 19.5. The summed E-state index contributed by atoms with van der Waals surface area (Å²) in [6.45, 7) is 2.19. The largest absolute Gasteiger partial charge is 0.300 e. The number of nitrogens with zero attached hydrogens (tertiary/aromatic N) is 2. The summed E-state index contributed by atoms with van der Waals surface area (Å²) in [5.41, 5.74) is 1.12. The fourth-order valence-electron chi connectivity index (χ4n) is 2.44. The Labute approximate surface area is 89.9 Å². The van der Waals surface area contributed by atoms with Crippen molar-refractivity contribution in [2.45, 2.75) is 38.5 Å². The first-order valence-corrected chi connectivity index (χ1v) is 5.58. The Kier molecular flexibility index (Phi) is 3.09. The molecule has 0 aromatic carbocycles. The van der Waals surface area contributed by atoms with Crippen molar-refractivity contribution in [1.82, 2.24) is 9.97 Å². The zero-order chi connectivity index (χ0) is 10.7. The van der Waals surface area contributed by atoms with Crippen molar-refractivity contribution in [2.24, 2.45) is 5.92 Å². The lowest BCUT2D eigenvalue weighted by Gasteiger charge is -2.29. The van der Waals surface area contributed by atoms with Gasteiger partial charge in [0, 0.05) is 25.2 Å². The Balaban J connectivity index is 2.21. The lowest BCUT2D eigenvalue weighted by molar-refractivity contribution is -0.121. The fraction of sp³-hybridized carbons (Fsp3) is 0.583. The highest BCUT2D eigenvalue weighted by molar-refractivity contribution is 5.80. The van der Waals surface area contributed by atoms with Crippen LogP contribution in [0.4, 0.5) is 0 Å². The Morgan fingerprint density at radius 3 is 2.80 bits per heavy atom. The highest BCUT2D eigenvalue weighted by Crippen LogP contribution is 2.37. The summed E-state index contributed by atoms with van der Waals surface area (Å²) in [5.74, 6) is 1.35. The van der Waals surface area contributed by atoms with Gasteiger partial charge in [-0.3, -0.25) is 4.79 Å². The van der Waals surface area contributed by atoms with Gasteiger partial charge in [-0.15, -0.1) is 0 Å². The van der Waals surface area contributed by atoms with Crippen molar-refractivity contribution >= 4 is 5.78 Å². The minimum absolute atomic E-state index is 0.345. The summed E-state index contributed by atoms with van der Waals surface area (Å²) < 4.78 is 0. The Bertz CT molecular complexity index is 337. The standard InChI is InChI=1S/C12H16N2O/c1-2-9-3-4-11(15)5-12(9)10-6-13-8-14-7-10/h6-9,12H,2-5H2,1H3. The number of hydrogen-bond acceptors (Lipinski definition) is 3. The van der Waals surface area contributed by atoms with E-state index in [0.717, 1.165) is 24.8 Å².